The quantitative estimate of drug-likeness (QED) is 0.927. The van der Waals surface area contributed by atoms with Crippen LogP contribution in [0.3, 0.4) is 0 Å². The van der Waals surface area contributed by atoms with E-state index in [-0.39, 0.29) is 12.1 Å². The molecule has 2 amide bonds. The number of carbonyl (C=O) groups is 1. The van der Waals surface area contributed by atoms with Crippen molar-refractivity contribution in [2.75, 3.05) is 45.2 Å². The minimum absolute atomic E-state index is 0.0641. The Morgan fingerprint density at radius 3 is 2.48 bits per heavy atom. The van der Waals surface area contributed by atoms with Gasteiger partial charge in [0.1, 0.15) is 0 Å². The predicted molar refractivity (Wildman–Crippen MR) is 89.9 cm³/mol. The molecular weight excluding hydrogens is 282 g/mol. The maximum absolute atomic E-state index is 12.2. The Kier molecular flexibility index (Phi) is 5.94. The number of likely N-dealkylation sites (N-methyl/N-ethyl adjacent to an activating group) is 1. The number of hydrogen-bond donors (Lipinski definition) is 1. The van der Waals surface area contributed by atoms with Crippen LogP contribution >= 0.6 is 11.8 Å². The molecule has 1 aromatic carbocycles. The third-order valence-corrected chi connectivity index (χ3v) is 4.77. The molecule has 1 N–H and O–H groups in total. The maximum atomic E-state index is 12.2. The van der Waals surface area contributed by atoms with Crippen molar-refractivity contribution in [3.05, 3.63) is 35.4 Å². The average molecular weight is 307 g/mol. The van der Waals surface area contributed by atoms with Gasteiger partial charge in [-0.15, -0.1) is 0 Å². The second-order valence-corrected chi connectivity index (χ2v) is 6.90. The molecule has 1 unspecified atom stereocenters. The molecule has 1 fully saturated rings. The molecule has 0 spiro atoms. The van der Waals surface area contributed by atoms with Gasteiger partial charge in [-0.3, -0.25) is 0 Å². The molecular formula is C16H25N3OS. The van der Waals surface area contributed by atoms with Crippen molar-refractivity contribution in [1.82, 2.24) is 15.1 Å². The van der Waals surface area contributed by atoms with E-state index in [4.69, 9.17) is 0 Å². The van der Waals surface area contributed by atoms with Gasteiger partial charge in [-0.25, -0.2) is 4.79 Å². The second kappa shape index (κ2) is 7.71. The third kappa shape index (κ3) is 4.64. The standard InChI is InChI=1S/C16H25N3OS/c1-13-4-6-14(7-5-13)15(18(2)3)12-17-16(20)19-8-10-21-11-9-19/h4-7,15H,8-12H2,1-3H3,(H,17,20). The minimum Gasteiger partial charge on any atom is -0.336 e. The highest BCUT2D eigenvalue weighted by atomic mass is 32.2. The smallest absolute Gasteiger partial charge is 0.317 e. The molecule has 0 saturated carbocycles. The first kappa shape index (κ1) is 16.2. The lowest BCUT2D eigenvalue weighted by Crippen LogP contribution is -2.46. The summed E-state index contributed by atoms with van der Waals surface area (Å²) in [6.07, 6.45) is 0. The molecule has 1 atom stereocenters. The molecule has 5 heteroatoms. The van der Waals surface area contributed by atoms with Crippen molar-refractivity contribution >= 4 is 17.8 Å². The van der Waals surface area contributed by atoms with E-state index < -0.39 is 0 Å². The van der Waals surface area contributed by atoms with Crippen molar-refractivity contribution in [2.45, 2.75) is 13.0 Å². The van der Waals surface area contributed by atoms with E-state index in [0.717, 1.165) is 24.6 Å². The van der Waals surface area contributed by atoms with Crippen molar-refractivity contribution in [3.63, 3.8) is 0 Å². The van der Waals surface area contributed by atoms with Crippen LogP contribution in [0.5, 0.6) is 0 Å². The summed E-state index contributed by atoms with van der Waals surface area (Å²) in [6.45, 7) is 4.43. The van der Waals surface area contributed by atoms with E-state index in [1.807, 2.05) is 30.8 Å². The zero-order valence-electron chi connectivity index (χ0n) is 13.1. The van der Waals surface area contributed by atoms with Gasteiger partial charge < -0.3 is 15.1 Å². The molecule has 0 aliphatic carbocycles. The monoisotopic (exact) mass is 307 g/mol. The van der Waals surface area contributed by atoms with Gasteiger partial charge in [0.25, 0.3) is 0 Å². The number of hydrogen-bond acceptors (Lipinski definition) is 3. The van der Waals surface area contributed by atoms with Crippen LogP contribution in [0, 0.1) is 6.92 Å². The van der Waals surface area contributed by atoms with Crippen LogP contribution in [0.2, 0.25) is 0 Å². The Morgan fingerprint density at radius 1 is 1.29 bits per heavy atom. The van der Waals surface area contributed by atoms with E-state index in [1.165, 1.54) is 11.1 Å². The van der Waals surface area contributed by atoms with Crippen molar-refractivity contribution in [1.29, 1.82) is 0 Å². The largest absolute Gasteiger partial charge is 0.336 e. The van der Waals surface area contributed by atoms with Gasteiger partial charge in [0.15, 0.2) is 0 Å². The summed E-state index contributed by atoms with van der Waals surface area (Å²) in [5.74, 6) is 2.09. The van der Waals surface area contributed by atoms with E-state index in [2.05, 4.69) is 41.4 Å². The van der Waals surface area contributed by atoms with Gasteiger partial charge in [0, 0.05) is 31.1 Å². The highest BCUT2D eigenvalue weighted by Crippen LogP contribution is 2.18. The van der Waals surface area contributed by atoms with Crippen LogP contribution < -0.4 is 5.32 Å². The van der Waals surface area contributed by atoms with Gasteiger partial charge in [-0.05, 0) is 26.6 Å². The number of nitrogens with zero attached hydrogens (tertiary/aromatic N) is 2. The van der Waals surface area contributed by atoms with E-state index in [1.54, 1.807) is 0 Å². The normalized spacial score (nSPS) is 16.9. The number of carbonyl (C=O) groups excluding carboxylic acids is 1. The van der Waals surface area contributed by atoms with Gasteiger partial charge >= 0.3 is 6.03 Å². The number of nitrogens with one attached hydrogen (secondary N) is 1. The molecule has 1 aliphatic heterocycles. The lowest BCUT2D eigenvalue weighted by Gasteiger charge is -2.29. The number of amides is 2. The Labute approximate surface area is 131 Å². The van der Waals surface area contributed by atoms with Gasteiger partial charge in [0.05, 0.1) is 6.04 Å². The molecule has 1 aliphatic rings. The molecule has 0 radical (unpaired) electrons. The molecule has 1 aromatic rings. The summed E-state index contributed by atoms with van der Waals surface area (Å²) in [5, 5.41) is 3.08. The lowest BCUT2D eigenvalue weighted by molar-refractivity contribution is 0.197. The van der Waals surface area contributed by atoms with Crippen molar-refractivity contribution in [3.8, 4) is 0 Å². The first-order chi connectivity index (χ1) is 10.1. The number of aryl methyl sites for hydroxylation is 1. The lowest BCUT2D eigenvalue weighted by atomic mass is 10.0. The highest BCUT2D eigenvalue weighted by Gasteiger charge is 2.19. The van der Waals surface area contributed by atoms with Gasteiger partial charge in [0.2, 0.25) is 0 Å². The predicted octanol–water partition coefficient (Wildman–Crippen LogP) is 2.36. The van der Waals surface area contributed by atoms with Gasteiger partial charge in [-0.2, -0.15) is 11.8 Å². The molecule has 2 rings (SSSR count). The van der Waals surface area contributed by atoms with E-state index in [0.29, 0.717) is 6.54 Å². The average Bonchev–Trinajstić information content (AvgIpc) is 2.49. The van der Waals surface area contributed by atoms with E-state index in [9.17, 15) is 4.79 Å². The topological polar surface area (TPSA) is 35.6 Å². The van der Waals surface area contributed by atoms with Crippen LogP contribution in [-0.2, 0) is 0 Å². The summed E-state index contributed by atoms with van der Waals surface area (Å²) >= 11 is 1.91. The van der Waals surface area contributed by atoms with Crippen LogP contribution in [-0.4, -0.2) is 61.1 Å². The van der Waals surface area contributed by atoms with Crippen LogP contribution in [0.1, 0.15) is 17.2 Å². The van der Waals surface area contributed by atoms with Gasteiger partial charge in [-0.1, -0.05) is 29.8 Å². The number of benzene rings is 1. The first-order valence-electron chi connectivity index (χ1n) is 7.41. The Morgan fingerprint density at radius 2 is 1.90 bits per heavy atom. The SMILES string of the molecule is Cc1ccc(C(CNC(=O)N2CCSCC2)N(C)C)cc1. The van der Waals surface area contributed by atoms with Crippen LogP contribution in [0.15, 0.2) is 24.3 Å². The molecule has 21 heavy (non-hydrogen) atoms. The number of urea groups is 1. The summed E-state index contributed by atoms with van der Waals surface area (Å²) < 4.78 is 0. The van der Waals surface area contributed by atoms with Crippen LogP contribution in [0.25, 0.3) is 0 Å². The van der Waals surface area contributed by atoms with Crippen molar-refractivity contribution < 1.29 is 4.79 Å². The third-order valence-electron chi connectivity index (χ3n) is 3.83. The molecule has 116 valence electrons. The zero-order valence-corrected chi connectivity index (χ0v) is 13.9. The summed E-state index contributed by atoms with van der Waals surface area (Å²) in [7, 11) is 4.10. The minimum atomic E-state index is 0.0641. The Bertz CT molecular complexity index is 455. The fourth-order valence-corrected chi connectivity index (χ4v) is 3.35. The van der Waals surface area contributed by atoms with Crippen LogP contribution in [0.4, 0.5) is 4.79 Å². The zero-order chi connectivity index (χ0) is 15.2. The number of thioether (sulfide) groups is 1. The molecule has 0 aromatic heterocycles. The Balaban J connectivity index is 1.93. The highest BCUT2D eigenvalue weighted by molar-refractivity contribution is 7.99. The number of rotatable bonds is 4. The first-order valence-corrected chi connectivity index (χ1v) is 8.57. The molecule has 4 nitrogen and oxygen atoms in total. The molecule has 1 saturated heterocycles. The fraction of sp³-hybridized carbons (Fsp3) is 0.562. The maximum Gasteiger partial charge on any atom is 0.317 e. The second-order valence-electron chi connectivity index (χ2n) is 5.68. The summed E-state index contributed by atoms with van der Waals surface area (Å²) in [4.78, 5) is 16.3. The van der Waals surface area contributed by atoms with Crippen molar-refractivity contribution in [2.24, 2.45) is 0 Å². The fourth-order valence-electron chi connectivity index (χ4n) is 2.45. The summed E-state index contributed by atoms with van der Waals surface area (Å²) in [6, 6.07) is 8.79. The summed E-state index contributed by atoms with van der Waals surface area (Å²) in [5.41, 5.74) is 2.49. The Hall–Kier alpha value is -1.20. The molecule has 1 heterocycles. The van der Waals surface area contributed by atoms with E-state index >= 15 is 0 Å². The molecule has 0 bridgehead atoms.